The van der Waals surface area contributed by atoms with E-state index >= 15 is 0 Å². The lowest BCUT2D eigenvalue weighted by atomic mass is 10.1. The molecule has 1 aliphatic rings. The number of carbonyl (C=O) groups is 1. The van der Waals surface area contributed by atoms with Gasteiger partial charge in [0.05, 0.1) is 16.8 Å². The number of aromatic nitrogens is 1. The highest BCUT2D eigenvalue weighted by Gasteiger charge is 2.20. The van der Waals surface area contributed by atoms with Crippen molar-refractivity contribution in [3.05, 3.63) is 41.3 Å². The number of hydrogen-bond donors (Lipinski definition) is 0. The Bertz CT molecular complexity index is 663. The highest BCUT2D eigenvalue weighted by Crippen LogP contribution is 2.20. The maximum Gasteiger partial charge on any atom is 0.255 e. The minimum Gasteiger partial charge on any atom is -0.339 e. The lowest BCUT2D eigenvalue weighted by molar-refractivity contribution is 0.0723. The summed E-state index contributed by atoms with van der Waals surface area (Å²) >= 11 is 0. The lowest BCUT2D eigenvalue weighted by Crippen LogP contribution is -2.36. The minimum atomic E-state index is -0.306. The molecule has 1 fully saturated rings. The van der Waals surface area contributed by atoms with E-state index in [1.807, 2.05) is 17.9 Å². The molecule has 2 heterocycles. The average Bonchev–Trinajstić information content (AvgIpc) is 2.46. The van der Waals surface area contributed by atoms with Gasteiger partial charge in [0.25, 0.3) is 5.91 Å². The summed E-state index contributed by atoms with van der Waals surface area (Å²) in [5.74, 6) is -0.263. The van der Waals surface area contributed by atoms with Gasteiger partial charge in [0.15, 0.2) is 0 Å². The summed E-state index contributed by atoms with van der Waals surface area (Å²) in [5.41, 5.74) is 1.89. The summed E-state index contributed by atoms with van der Waals surface area (Å²) in [6.07, 6.45) is 3.33. The van der Waals surface area contributed by atoms with Crippen molar-refractivity contribution in [3.8, 4) is 0 Å². The standard InChI is InChI=1S/C16H17FN2O/c1-11-14(16(20)19-7-3-2-4-8-19)9-12-5-6-13(17)10-15(12)18-11/h5-6,9-10H,2-4,7-8H2,1H3. The SMILES string of the molecule is Cc1nc2cc(F)ccc2cc1C(=O)N1CCCCC1. The van der Waals surface area contributed by atoms with Crippen LogP contribution < -0.4 is 0 Å². The molecule has 1 aromatic heterocycles. The van der Waals surface area contributed by atoms with Gasteiger partial charge in [-0.05, 0) is 44.4 Å². The van der Waals surface area contributed by atoms with Gasteiger partial charge in [0, 0.05) is 24.5 Å². The molecular weight excluding hydrogens is 255 g/mol. The molecule has 2 aromatic rings. The average molecular weight is 272 g/mol. The number of hydrogen-bond acceptors (Lipinski definition) is 2. The Morgan fingerprint density at radius 1 is 1.20 bits per heavy atom. The van der Waals surface area contributed by atoms with Crippen molar-refractivity contribution in [1.29, 1.82) is 0 Å². The number of amides is 1. The summed E-state index contributed by atoms with van der Waals surface area (Å²) < 4.78 is 13.2. The molecular formula is C16H17FN2O. The number of likely N-dealkylation sites (tertiary alicyclic amines) is 1. The lowest BCUT2D eigenvalue weighted by Gasteiger charge is -2.27. The van der Waals surface area contributed by atoms with Crippen LogP contribution in [0.5, 0.6) is 0 Å². The molecule has 0 unspecified atom stereocenters. The number of piperidine rings is 1. The predicted molar refractivity (Wildman–Crippen MR) is 76.2 cm³/mol. The first-order chi connectivity index (χ1) is 9.65. The van der Waals surface area contributed by atoms with Gasteiger partial charge in [0.2, 0.25) is 0 Å². The second-order valence-corrected chi connectivity index (χ2v) is 5.31. The minimum absolute atomic E-state index is 0.0425. The van der Waals surface area contributed by atoms with Gasteiger partial charge in [-0.15, -0.1) is 0 Å². The number of benzene rings is 1. The summed E-state index contributed by atoms with van der Waals surface area (Å²) in [6, 6.07) is 6.30. The topological polar surface area (TPSA) is 33.2 Å². The predicted octanol–water partition coefficient (Wildman–Crippen LogP) is 3.31. The fourth-order valence-electron chi connectivity index (χ4n) is 2.72. The van der Waals surface area contributed by atoms with Crippen molar-refractivity contribution in [2.24, 2.45) is 0 Å². The van der Waals surface area contributed by atoms with Gasteiger partial charge in [-0.25, -0.2) is 4.39 Å². The third kappa shape index (κ3) is 2.38. The van der Waals surface area contributed by atoms with Crippen molar-refractivity contribution < 1.29 is 9.18 Å². The number of nitrogens with zero attached hydrogens (tertiary/aromatic N) is 2. The number of rotatable bonds is 1. The Morgan fingerprint density at radius 2 is 1.95 bits per heavy atom. The molecule has 1 aliphatic heterocycles. The molecule has 0 radical (unpaired) electrons. The van der Waals surface area contributed by atoms with E-state index in [-0.39, 0.29) is 11.7 Å². The summed E-state index contributed by atoms with van der Waals surface area (Å²) in [7, 11) is 0. The molecule has 1 amide bonds. The van der Waals surface area contributed by atoms with E-state index in [2.05, 4.69) is 4.98 Å². The van der Waals surface area contributed by atoms with E-state index < -0.39 is 0 Å². The molecule has 0 N–H and O–H groups in total. The highest BCUT2D eigenvalue weighted by molar-refractivity contribution is 5.98. The van der Waals surface area contributed by atoms with Crippen molar-refractivity contribution in [3.63, 3.8) is 0 Å². The number of halogens is 1. The molecule has 104 valence electrons. The Morgan fingerprint density at radius 3 is 2.70 bits per heavy atom. The normalized spacial score (nSPS) is 15.6. The van der Waals surface area contributed by atoms with Crippen molar-refractivity contribution in [2.45, 2.75) is 26.2 Å². The smallest absolute Gasteiger partial charge is 0.255 e. The highest BCUT2D eigenvalue weighted by atomic mass is 19.1. The van der Waals surface area contributed by atoms with Crippen LogP contribution in [0.2, 0.25) is 0 Å². The number of aryl methyl sites for hydroxylation is 1. The Hall–Kier alpha value is -1.97. The van der Waals surface area contributed by atoms with Crippen LogP contribution in [-0.4, -0.2) is 28.9 Å². The molecule has 3 nitrogen and oxygen atoms in total. The second kappa shape index (κ2) is 5.19. The zero-order valence-electron chi connectivity index (χ0n) is 11.5. The van der Waals surface area contributed by atoms with Crippen LogP contribution in [0.1, 0.15) is 35.3 Å². The van der Waals surface area contributed by atoms with Gasteiger partial charge in [-0.2, -0.15) is 0 Å². The van der Waals surface area contributed by atoms with Gasteiger partial charge >= 0.3 is 0 Å². The molecule has 0 spiro atoms. The van der Waals surface area contributed by atoms with E-state index in [0.29, 0.717) is 16.8 Å². The molecule has 0 saturated carbocycles. The fraction of sp³-hybridized carbons (Fsp3) is 0.375. The van der Waals surface area contributed by atoms with Gasteiger partial charge in [-0.3, -0.25) is 9.78 Å². The van der Waals surface area contributed by atoms with E-state index in [0.717, 1.165) is 31.3 Å². The van der Waals surface area contributed by atoms with Gasteiger partial charge in [-0.1, -0.05) is 0 Å². The molecule has 3 rings (SSSR count). The first kappa shape index (κ1) is 13.0. The van der Waals surface area contributed by atoms with Crippen LogP contribution in [-0.2, 0) is 0 Å². The second-order valence-electron chi connectivity index (χ2n) is 5.31. The molecule has 0 atom stereocenters. The molecule has 4 heteroatoms. The number of carbonyl (C=O) groups excluding carboxylic acids is 1. The fourth-order valence-corrected chi connectivity index (χ4v) is 2.72. The van der Waals surface area contributed by atoms with Gasteiger partial charge < -0.3 is 4.90 Å². The van der Waals surface area contributed by atoms with Crippen LogP contribution in [0, 0.1) is 12.7 Å². The van der Waals surface area contributed by atoms with Gasteiger partial charge in [0.1, 0.15) is 5.82 Å². The molecule has 1 aromatic carbocycles. The van der Waals surface area contributed by atoms with Crippen LogP contribution in [0.25, 0.3) is 10.9 Å². The maximum absolute atomic E-state index is 13.2. The molecule has 0 aliphatic carbocycles. The van der Waals surface area contributed by atoms with E-state index in [1.54, 1.807) is 6.07 Å². The molecule has 20 heavy (non-hydrogen) atoms. The van der Waals surface area contributed by atoms with Crippen LogP contribution >= 0.6 is 0 Å². The Kier molecular flexibility index (Phi) is 3.38. The Labute approximate surface area is 117 Å². The zero-order valence-corrected chi connectivity index (χ0v) is 11.5. The number of fused-ring (bicyclic) bond motifs is 1. The molecule has 0 bridgehead atoms. The van der Waals surface area contributed by atoms with Crippen LogP contribution in [0.4, 0.5) is 4.39 Å². The largest absolute Gasteiger partial charge is 0.339 e. The zero-order chi connectivity index (χ0) is 14.1. The van der Waals surface area contributed by atoms with Crippen molar-refractivity contribution in [1.82, 2.24) is 9.88 Å². The molecule has 1 saturated heterocycles. The van der Waals surface area contributed by atoms with E-state index in [4.69, 9.17) is 0 Å². The summed E-state index contributed by atoms with van der Waals surface area (Å²) in [4.78, 5) is 18.8. The summed E-state index contributed by atoms with van der Waals surface area (Å²) in [6.45, 7) is 3.45. The van der Waals surface area contributed by atoms with Crippen molar-refractivity contribution >= 4 is 16.8 Å². The monoisotopic (exact) mass is 272 g/mol. The first-order valence-electron chi connectivity index (χ1n) is 7.01. The number of pyridine rings is 1. The van der Waals surface area contributed by atoms with E-state index in [9.17, 15) is 9.18 Å². The van der Waals surface area contributed by atoms with Crippen molar-refractivity contribution in [2.75, 3.05) is 13.1 Å². The Balaban J connectivity index is 2.00. The quantitative estimate of drug-likeness (QED) is 0.798. The first-order valence-corrected chi connectivity index (χ1v) is 7.01. The maximum atomic E-state index is 13.2. The summed E-state index contributed by atoms with van der Waals surface area (Å²) in [5, 5.41) is 0.803. The van der Waals surface area contributed by atoms with Crippen LogP contribution in [0.3, 0.4) is 0 Å². The van der Waals surface area contributed by atoms with E-state index in [1.165, 1.54) is 18.6 Å². The third-order valence-electron chi connectivity index (χ3n) is 3.84. The third-order valence-corrected chi connectivity index (χ3v) is 3.84. The van der Waals surface area contributed by atoms with Crippen LogP contribution in [0.15, 0.2) is 24.3 Å².